The van der Waals surface area contributed by atoms with E-state index in [1.165, 1.54) is 0 Å². The van der Waals surface area contributed by atoms with Crippen LogP contribution in [0.5, 0.6) is 5.75 Å². The van der Waals surface area contributed by atoms with Crippen molar-refractivity contribution in [3.05, 3.63) is 64.1 Å². The Hall–Kier alpha value is -2.64. The molecule has 1 aromatic carbocycles. The zero-order chi connectivity index (χ0) is 17.9. The van der Waals surface area contributed by atoms with Gasteiger partial charge in [-0.1, -0.05) is 18.2 Å². The summed E-state index contributed by atoms with van der Waals surface area (Å²) >= 11 is 1.69. The average molecular weight is 368 g/mol. The number of thiophene rings is 1. The third-order valence-electron chi connectivity index (χ3n) is 4.31. The Morgan fingerprint density at radius 1 is 1.27 bits per heavy atom. The highest BCUT2D eigenvalue weighted by Gasteiger charge is 2.25. The molecule has 0 radical (unpaired) electrons. The van der Waals surface area contributed by atoms with E-state index in [0.29, 0.717) is 12.8 Å². The minimum Gasteiger partial charge on any atom is -0.497 e. The Morgan fingerprint density at radius 3 is 2.81 bits per heavy atom. The summed E-state index contributed by atoms with van der Waals surface area (Å²) in [4.78, 5) is 5.79. The number of aliphatic hydroxyl groups is 1. The third-order valence-corrected chi connectivity index (χ3v) is 5.22. The standard InChI is InChI=1S/C19H20N4O2S/c1-25-14-8-6-13(7-9-14)16-12-15(17-4-3-11-26-17)20-19-21-18(5-2-10-24)22-23(16)19/h3-4,6-9,11-12,16,24H,2,5,10H2,1H3,(H,20,21,22)/t16-/m0/s1. The lowest BCUT2D eigenvalue weighted by atomic mass is 10.0. The molecule has 6 nitrogen and oxygen atoms in total. The first-order chi connectivity index (χ1) is 12.8. The van der Waals surface area contributed by atoms with E-state index in [1.54, 1.807) is 18.4 Å². The molecule has 1 atom stereocenters. The normalized spacial score (nSPS) is 15.9. The largest absolute Gasteiger partial charge is 0.497 e. The summed E-state index contributed by atoms with van der Waals surface area (Å²) in [5.41, 5.74) is 2.15. The molecule has 1 aliphatic rings. The average Bonchev–Trinajstić information content (AvgIpc) is 3.35. The van der Waals surface area contributed by atoms with Gasteiger partial charge in [0.15, 0.2) is 5.82 Å². The summed E-state index contributed by atoms with van der Waals surface area (Å²) in [7, 11) is 1.66. The summed E-state index contributed by atoms with van der Waals surface area (Å²) in [6.45, 7) is 0.137. The molecule has 0 unspecified atom stereocenters. The number of aryl methyl sites for hydroxylation is 1. The fourth-order valence-electron chi connectivity index (χ4n) is 2.99. The Morgan fingerprint density at radius 2 is 2.12 bits per heavy atom. The minimum atomic E-state index is -0.0513. The van der Waals surface area contributed by atoms with E-state index in [4.69, 9.17) is 9.84 Å². The molecule has 134 valence electrons. The third kappa shape index (κ3) is 3.23. The van der Waals surface area contributed by atoms with E-state index in [0.717, 1.165) is 33.7 Å². The molecule has 2 N–H and O–H groups in total. The Bertz CT molecular complexity index is 900. The maximum atomic E-state index is 9.08. The van der Waals surface area contributed by atoms with Crippen LogP contribution in [-0.2, 0) is 6.42 Å². The number of methoxy groups -OCH3 is 1. The van der Waals surface area contributed by atoms with Gasteiger partial charge in [-0.15, -0.1) is 11.3 Å². The molecule has 3 aromatic rings. The number of rotatable bonds is 6. The van der Waals surface area contributed by atoms with Crippen LogP contribution in [0.15, 0.2) is 47.9 Å². The molecular formula is C19H20N4O2S. The predicted molar refractivity (Wildman–Crippen MR) is 102 cm³/mol. The van der Waals surface area contributed by atoms with Crippen molar-refractivity contribution < 1.29 is 9.84 Å². The van der Waals surface area contributed by atoms with Crippen molar-refractivity contribution in [1.29, 1.82) is 0 Å². The lowest BCUT2D eigenvalue weighted by molar-refractivity contribution is 0.287. The zero-order valence-corrected chi connectivity index (χ0v) is 15.2. The van der Waals surface area contributed by atoms with E-state index >= 15 is 0 Å². The van der Waals surface area contributed by atoms with Crippen LogP contribution in [0.4, 0.5) is 5.95 Å². The van der Waals surface area contributed by atoms with Crippen molar-refractivity contribution in [2.24, 2.45) is 0 Å². The quantitative estimate of drug-likeness (QED) is 0.698. The number of hydrogen-bond donors (Lipinski definition) is 2. The molecule has 7 heteroatoms. The van der Waals surface area contributed by atoms with Crippen molar-refractivity contribution in [1.82, 2.24) is 14.8 Å². The summed E-state index contributed by atoms with van der Waals surface area (Å²) < 4.78 is 7.18. The highest BCUT2D eigenvalue weighted by atomic mass is 32.1. The molecule has 3 heterocycles. The summed E-state index contributed by atoms with van der Waals surface area (Å²) in [5, 5.41) is 19.2. The number of benzene rings is 1. The topological polar surface area (TPSA) is 72.2 Å². The summed E-state index contributed by atoms with van der Waals surface area (Å²) in [6, 6.07) is 12.1. The van der Waals surface area contributed by atoms with Crippen LogP contribution in [0.3, 0.4) is 0 Å². The Labute approximate surface area is 155 Å². The maximum absolute atomic E-state index is 9.08. The van der Waals surface area contributed by atoms with Gasteiger partial charge < -0.3 is 15.2 Å². The van der Waals surface area contributed by atoms with Crippen LogP contribution in [0.1, 0.15) is 28.7 Å². The minimum absolute atomic E-state index is 0.0513. The Balaban J connectivity index is 1.74. The zero-order valence-electron chi connectivity index (χ0n) is 14.4. The van der Waals surface area contributed by atoms with Gasteiger partial charge in [0.1, 0.15) is 11.8 Å². The molecule has 0 aliphatic carbocycles. The van der Waals surface area contributed by atoms with Crippen LogP contribution in [-0.4, -0.2) is 33.6 Å². The fourth-order valence-corrected chi connectivity index (χ4v) is 3.70. The van der Waals surface area contributed by atoms with E-state index in [-0.39, 0.29) is 12.6 Å². The number of fused-ring (bicyclic) bond motifs is 1. The lowest BCUT2D eigenvalue weighted by Crippen LogP contribution is -2.19. The van der Waals surface area contributed by atoms with Crippen molar-refractivity contribution in [2.75, 3.05) is 19.0 Å². The highest BCUT2D eigenvalue weighted by Crippen LogP contribution is 2.34. The second-order valence-corrected chi connectivity index (χ2v) is 6.97. The Kier molecular flexibility index (Phi) is 4.73. The van der Waals surface area contributed by atoms with Crippen LogP contribution >= 0.6 is 11.3 Å². The van der Waals surface area contributed by atoms with Gasteiger partial charge in [0.25, 0.3) is 0 Å². The molecule has 26 heavy (non-hydrogen) atoms. The summed E-state index contributed by atoms with van der Waals surface area (Å²) in [6.07, 6.45) is 3.48. The van der Waals surface area contributed by atoms with Gasteiger partial charge in [-0.25, -0.2) is 4.68 Å². The SMILES string of the molecule is COc1ccc([C@@H]2C=C(c3cccs3)Nc3nc(CCCO)nn32)cc1. The van der Waals surface area contributed by atoms with Crippen LogP contribution in [0.2, 0.25) is 0 Å². The fraction of sp³-hybridized carbons (Fsp3) is 0.263. The van der Waals surface area contributed by atoms with Crippen molar-refractivity contribution in [2.45, 2.75) is 18.9 Å². The molecule has 0 amide bonds. The van der Waals surface area contributed by atoms with Gasteiger partial charge in [0.05, 0.1) is 17.7 Å². The number of aliphatic hydroxyl groups excluding tert-OH is 1. The van der Waals surface area contributed by atoms with Gasteiger partial charge in [-0.3, -0.25) is 0 Å². The lowest BCUT2D eigenvalue weighted by Gasteiger charge is -2.23. The maximum Gasteiger partial charge on any atom is 0.226 e. The van der Waals surface area contributed by atoms with Gasteiger partial charge >= 0.3 is 0 Å². The number of nitrogens with one attached hydrogen (secondary N) is 1. The number of anilines is 1. The molecule has 0 saturated heterocycles. The smallest absolute Gasteiger partial charge is 0.226 e. The van der Waals surface area contributed by atoms with Crippen LogP contribution in [0.25, 0.3) is 5.70 Å². The van der Waals surface area contributed by atoms with E-state index in [1.807, 2.05) is 22.9 Å². The molecule has 1 aliphatic heterocycles. The van der Waals surface area contributed by atoms with E-state index in [2.05, 4.69) is 45.1 Å². The van der Waals surface area contributed by atoms with E-state index < -0.39 is 0 Å². The first-order valence-electron chi connectivity index (χ1n) is 8.51. The van der Waals surface area contributed by atoms with Gasteiger partial charge in [-0.2, -0.15) is 10.1 Å². The van der Waals surface area contributed by atoms with Crippen molar-refractivity contribution in [3.63, 3.8) is 0 Å². The first-order valence-corrected chi connectivity index (χ1v) is 9.39. The second kappa shape index (κ2) is 7.31. The number of aromatic nitrogens is 3. The number of nitrogens with zero attached hydrogens (tertiary/aromatic N) is 3. The first kappa shape index (κ1) is 16.8. The molecule has 4 rings (SSSR count). The second-order valence-electron chi connectivity index (χ2n) is 6.02. The molecular weight excluding hydrogens is 348 g/mol. The molecule has 0 spiro atoms. The number of ether oxygens (including phenoxy) is 1. The monoisotopic (exact) mass is 368 g/mol. The number of allylic oxidation sites excluding steroid dienone is 1. The van der Waals surface area contributed by atoms with E-state index in [9.17, 15) is 0 Å². The summed E-state index contributed by atoms with van der Waals surface area (Å²) in [5.74, 6) is 2.29. The molecule has 0 saturated carbocycles. The van der Waals surface area contributed by atoms with Gasteiger partial charge in [0.2, 0.25) is 5.95 Å². The van der Waals surface area contributed by atoms with Crippen LogP contribution < -0.4 is 10.1 Å². The highest BCUT2D eigenvalue weighted by molar-refractivity contribution is 7.11. The molecule has 0 fully saturated rings. The predicted octanol–water partition coefficient (Wildman–Crippen LogP) is 3.33. The molecule has 0 bridgehead atoms. The van der Waals surface area contributed by atoms with Crippen LogP contribution in [0, 0.1) is 0 Å². The molecule has 2 aromatic heterocycles. The van der Waals surface area contributed by atoms with Crippen molar-refractivity contribution in [3.8, 4) is 5.75 Å². The number of hydrogen-bond acceptors (Lipinski definition) is 6. The van der Waals surface area contributed by atoms with Gasteiger partial charge in [0, 0.05) is 13.0 Å². The van der Waals surface area contributed by atoms with Crippen molar-refractivity contribution >= 4 is 23.0 Å². The van der Waals surface area contributed by atoms with Gasteiger partial charge in [-0.05, 0) is 41.6 Å².